The molecule has 0 bridgehead atoms. The first-order chi connectivity index (χ1) is 8.27. The molecule has 1 aromatic carbocycles. The quantitative estimate of drug-likeness (QED) is 0.768. The van der Waals surface area contributed by atoms with Gasteiger partial charge in [0.25, 0.3) is 0 Å². The fraction of sp³-hybridized carbons (Fsp3) is 0.500. The van der Waals surface area contributed by atoms with Gasteiger partial charge in [-0.05, 0) is 18.4 Å². The van der Waals surface area contributed by atoms with Crippen LogP contribution in [0.25, 0.3) is 0 Å². The average Bonchev–Trinajstić information content (AvgIpc) is 2.91. The summed E-state index contributed by atoms with van der Waals surface area (Å²) in [5.74, 6) is 6.47. The monoisotopic (exact) mass is 228 g/mol. The van der Waals surface area contributed by atoms with E-state index < -0.39 is 5.60 Å². The fourth-order valence-corrected chi connectivity index (χ4v) is 2.67. The highest BCUT2D eigenvalue weighted by atomic mass is 16.3. The van der Waals surface area contributed by atoms with E-state index in [1.54, 1.807) is 0 Å². The van der Waals surface area contributed by atoms with Crippen LogP contribution in [-0.4, -0.2) is 5.11 Å². The molecule has 1 heteroatoms. The van der Waals surface area contributed by atoms with Crippen molar-refractivity contribution in [1.29, 1.82) is 0 Å². The number of aliphatic hydroxyl groups is 1. The minimum Gasteiger partial charge on any atom is -0.373 e. The van der Waals surface area contributed by atoms with Gasteiger partial charge in [0.05, 0.1) is 0 Å². The first-order valence-electron chi connectivity index (χ1n) is 6.55. The van der Waals surface area contributed by atoms with Crippen LogP contribution in [-0.2, 0) is 5.60 Å². The lowest BCUT2D eigenvalue weighted by molar-refractivity contribution is 0.0368. The minimum atomic E-state index is -0.937. The second kappa shape index (κ2) is 5.38. The maximum atomic E-state index is 10.9. The molecule has 1 unspecified atom stereocenters. The molecular weight excluding hydrogens is 208 g/mol. The Bertz CT molecular complexity index is 406. The summed E-state index contributed by atoms with van der Waals surface area (Å²) < 4.78 is 0. The van der Waals surface area contributed by atoms with Gasteiger partial charge in [0.15, 0.2) is 5.60 Å². The van der Waals surface area contributed by atoms with E-state index in [0.29, 0.717) is 5.92 Å². The van der Waals surface area contributed by atoms with Crippen LogP contribution in [0.1, 0.15) is 44.6 Å². The molecule has 0 aromatic heterocycles. The van der Waals surface area contributed by atoms with E-state index in [-0.39, 0.29) is 0 Å². The zero-order chi connectivity index (χ0) is 12.1. The first-order valence-corrected chi connectivity index (χ1v) is 6.55. The molecule has 1 aromatic rings. The van der Waals surface area contributed by atoms with Crippen molar-refractivity contribution in [2.75, 3.05) is 0 Å². The van der Waals surface area contributed by atoms with E-state index in [2.05, 4.69) is 11.8 Å². The van der Waals surface area contributed by atoms with Crippen molar-refractivity contribution in [2.24, 2.45) is 5.92 Å². The molecule has 90 valence electrons. The van der Waals surface area contributed by atoms with E-state index in [0.717, 1.165) is 24.8 Å². The Morgan fingerprint density at radius 3 is 2.47 bits per heavy atom. The summed E-state index contributed by atoms with van der Waals surface area (Å²) in [7, 11) is 0. The predicted molar refractivity (Wildman–Crippen MR) is 70.4 cm³/mol. The zero-order valence-electron chi connectivity index (χ0n) is 10.4. The summed E-state index contributed by atoms with van der Waals surface area (Å²) in [6, 6.07) is 9.91. The number of benzene rings is 1. The molecule has 1 aliphatic carbocycles. The Morgan fingerprint density at radius 1 is 1.24 bits per heavy atom. The molecular formula is C16H20O. The molecule has 0 radical (unpaired) electrons. The molecule has 1 aliphatic rings. The fourth-order valence-electron chi connectivity index (χ4n) is 2.67. The van der Waals surface area contributed by atoms with Gasteiger partial charge in [-0.3, -0.25) is 0 Å². The van der Waals surface area contributed by atoms with Gasteiger partial charge in [0, 0.05) is 12.3 Å². The van der Waals surface area contributed by atoms with Crippen LogP contribution in [0, 0.1) is 17.8 Å². The Hall–Kier alpha value is -1.26. The van der Waals surface area contributed by atoms with E-state index >= 15 is 0 Å². The van der Waals surface area contributed by atoms with Gasteiger partial charge in [-0.1, -0.05) is 56.0 Å². The average molecular weight is 228 g/mol. The summed E-state index contributed by atoms with van der Waals surface area (Å²) in [6.45, 7) is 2.02. The largest absolute Gasteiger partial charge is 0.373 e. The third kappa shape index (κ3) is 2.53. The SMILES string of the molecule is CCC#CC(O)(c1ccccc1)C1CCCC1. The standard InChI is InChI=1S/C16H20O/c1-2-3-13-16(17,15-11-7-8-12-15)14-9-5-4-6-10-14/h4-6,9-10,15,17H,2,7-8,11-12H2,1H3. The van der Waals surface area contributed by atoms with Gasteiger partial charge in [0.2, 0.25) is 0 Å². The molecule has 1 fully saturated rings. The minimum absolute atomic E-state index is 0.295. The van der Waals surface area contributed by atoms with Crippen molar-refractivity contribution < 1.29 is 5.11 Å². The van der Waals surface area contributed by atoms with E-state index in [1.165, 1.54) is 12.8 Å². The zero-order valence-corrected chi connectivity index (χ0v) is 10.4. The molecule has 0 heterocycles. The van der Waals surface area contributed by atoms with E-state index in [1.807, 2.05) is 37.3 Å². The highest BCUT2D eigenvalue weighted by Crippen LogP contribution is 2.40. The van der Waals surface area contributed by atoms with Gasteiger partial charge in [-0.15, -0.1) is 5.92 Å². The Labute approximate surface area is 104 Å². The first kappa shape index (κ1) is 12.2. The van der Waals surface area contributed by atoms with Crippen LogP contribution in [0.4, 0.5) is 0 Å². The summed E-state index contributed by atoms with van der Waals surface area (Å²) in [6.07, 6.45) is 5.40. The van der Waals surface area contributed by atoms with Crippen molar-refractivity contribution in [1.82, 2.24) is 0 Å². The third-order valence-electron chi connectivity index (χ3n) is 3.62. The van der Waals surface area contributed by atoms with Crippen LogP contribution in [0.15, 0.2) is 30.3 Å². The molecule has 0 spiro atoms. The van der Waals surface area contributed by atoms with Crippen molar-refractivity contribution in [3.63, 3.8) is 0 Å². The van der Waals surface area contributed by atoms with Gasteiger partial charge >= 0.3 is 0 Å². The number of hydrogen-bond acceptors (Lipinski definition) is 1. The Balaban J connectivity index is 2.36. The maximum absolute atomic E-state index is 10.9. The lowest BCUT2D eigenvalue weighted by atomic mass is 9.80. The van der Waals surface area contributed by atoms with E-state index in [9.17, 15) is 5.11 Å². The second-order valence-electron chi connectivity index (χ2n) is 4.77. The maximum Gasteiger partial charge on any atom is 0.153 e. The summed E-state index contributed by atoms with van der Waals surface area (Å²) in [5, 5.41) is 10.9. The molecule has 1 N–H and O–H groups in total. The van der Waals surface area contributed by atoms with Gasteiger partial charge in [-0.25, -0.2) is 0 Å². The molecule has 2 rings (SSSR count). The second-order valence-corrected chi connectivity index (χ2v) is 4.77. The molecule has 1 atom stereocenters. The van der Waals surface area contributed by atoms with Gasteiger partial charge in [0.1, 0.15) is 0 Å². The molecule has 1 nitrogen and oxygen atoms in total. The topological polar surface area (TPSA) is 20.2 Å². The predicted octanol–water partition coefficient (Wildman–Crippen LogP) is 3.48. The van der Waals surface area contributed by atoms with Crippen molar-refractivity contribution in [2.45, 2.75) is 44.6 Å². The van der Waals surface area contributed by atoms with Crippen molar-refractivity contribution >= 4 is 0 Å². The highest BCUT2D eigenvalue weighted by Gasteiger charge is 2.38. The normalized spacial score (nSPS) is 19.4. The molecule has 0 amide bonds. The van der Waals surface area contributed by atoms with E-state index in [4.69, 9.17) is 0 Å². The van der Waals surface area contributed by atoms with Crippen molar-refractivity contribution in [3.05, 3.63) is 35.9 Å². The van der Waals surface area contributed by atoms with Crippen LogP contribution in [0.5, 0.6) is 0 Å². The lowest BCUT2D eigenvalue weighted by Crippen LogP contribution is -2.32. The van der Waals surface area contributed by atoms with Gasteiger partial charge < -0.3 is 5.11 Å². The highest BCUT2D eigenvalue weighted by molar-refractivity contribution is 5.33. The lowest BCUT2D eigenvalue weighted by Gasteiger charge is -2.29. The summed E-state index contributed by atoms with van der Waals surface area (Å²) in [5.41, 5.74) is 0.0150. The Morgan fingerprint density at radius 2 is 1.88 bits per heavy atom. The third-order valence-corrected chi connectivity index (χ3v) is 3.62. The van der Waals surface area contributed by atoms with Crippen LogP contribution >= 0.6 is 0 Å². The molecule has 0 saturated heterocycles. The van der Waals surface area contributed by atoms with Crippen LogP contribution in [0.3, 0.4) is 0 Å². The molecule has 17 heavy (non-hydrogen) atoms. The van der Waals surface area contributed by atoms with Gasteiger partial charge in [-0.2, -0.15) is 0 Å². The smallest absolute Gasteiger partial charge is 0.153 e. The van der Waals surface area contributed by atoms with Crippen LogP contribution < -0.4 is 0 Å². The van der Waals surface area contributed by atoms with Crippen LogP contribution in [0.2, 0.25) is 0 Å². The van der Waals surface area contributed by atoms with Crippen molar-refractivity contribution in [3.8, 4) is 11.8 Å². The number of rotatable bonds is 2. The summed E-state index contributed by atoms with van der Waals surface area (Å²) in [4.78, 5) is 0. The Kier molecular flexibility index (Phi) is 3.86. The molecule has 1 saturated carbocycles. The molecule has 0 aliphatic heterocycles. The number of hydrogen-bond donors (Lipinski definition) is 1. The summed E-state index contributed by atoms with van der Waals surface area (Å²) >= 11 is 0.